The van der Waals surface area contributed by atoms with Crippen LogP contribution in [0.2, 0.25) is 0 Å². The number of thiophene rings is 1. The molecule has 148 valence electrons. The number of aromatic hydroxyl groups is 1. The van der Waals surface area contributed by atoms with E-state index in [1.165, 1.54) is 16.0 Å². The van der Waals surface area contributed by atoms with Gasteiger partial charge in [0.15, 0.2) is 0 Å². The Bertz CT molecular complexity index is 1180. The predicted molar refractivity (Wildman–Crippen MR) is 116 cm³/mol. The van der Waals surface area contributed by atoms with Crippen molar-refractivity contribution in [1.82, 2.24) is 0 Å². The van der Waals surface area contributed by atoms with Crippen LogP contribution in [0, 0.1) is 6.92 Å². The summed E-state index contributed by atoms with van der Waals surface area (Å²) in [6, 6.07) is 18.0. The molecule has 4 aromatic rings. The number of quaternary nitrogens is 1. The number of phenols is 1. The molecule has 4 nitrogen and oxygen atoms in total. The summed E-state index contributed by atoms with van der Waals surface area (Å²) in [5, 5.41) is 15.4. The van der Waals surface area contributed by atoms with E-state index < -0.39 is 5.63 Å². The van der Waals surface area contributed by atoms with Crippen LogP contribution in [0.25, 0.3) is 11.0 Å². The Kier molecular flexibility index (Phi) is 5.51. The van der Waals surface area contributed by atoms with E-state index >= 15 is 0 Å². The molecule has 4 rings (SSSR count). The lowest BCUT2D eigenvalue weighted by molar-refractivity contribution is -0.701. The molecule has 0 aliphatic heterocycles. The van der Waals surface area contributed by atoms with Crippen molar-refractivity contribution < 1.29 is 14.8 Å². The molecular formula is C24H24NO3S+. The lowest BCUT2D eigenvalue weighted by atomic mass is 10.0. The molecule has 0 amide bonds. The molecule has 5 heteroatoms. The summed E-state index contributed by atoms with van der Waals surface area (Å²) < 4.78 is 5.33. The van der Waals surface area contributed by atoms with Crippen LogP contribution in [-0.4, -0.2) is 5.11 Å². The number of hydrogen-bond donors (Lipinski definition) is 2. The van der Waals surface area contributed by atoms with E-state index in [1.807, 2.05) is 13.0 Å². The van der Waals surface area contributed by atoms with Crippen LogP contribution in [0.15, 0.2) is 69.2 Å². The fourth-order valence-electron chi connectivity index (χ4n) is 3.66. The minimum Gasteiger partial charge on any atom is -0.508 e. The van der Waals surface area contributed by atoms with E-state index in [0.717, 1.165) is 16.5 Å². The molecule has 2 aromatic carbocycles. The topological polar surface area (TPSA) is 67.0 Å². The van der Waals surface area contributed by atoms with Crippen LogP contribution in [-0.2, 0) is 13.0 Å². The highest BCUT2D eigenvalue weighted by atomic mass is 32.1. The van der Waals surface area contributed by atoms with Gasteiger partial charge in [-0.25, -0.2) is 4.79 Å². The van der Waals surface area contributed by atoms with Gasteiger partial charge >= 0.3 is 5.63 Å². The molecule has 1 atom stereocenters. The zero-order chi connectivity index (χ0) is 20.4. The standard InChI is InChI=1S/C24H23NO3S/c1-3-16-11-19-18(12-23(27)28-21(19)13-20(16)26)14-25-24(22-5-4-10-29-22)17-8-6-15(2)7-9-17/h4-13,24-26H,3,14H2,1-2H3/p+1/t24-/m1/s1. The van der Waals surface area contributed by atoms with Gasteiger partial charge in [-0.3, -0.25) is 0 Å². The van der Waals surface area contributed by atoms with E-state index in [4.69, 9.17) is 4.42 Å². The summed E-state index contributed by atoms with van der Waals surface area (Å²) in [5.41, 5.74) is 4.26. The van der Waals surface area contributed by atoms with Crippen molar-refractivity contribution in [3.05, 3.63) is 97.5 Å². The largest absolute Gasteiger partial charge is 0.508 e. The predicted octanol–water partition coefficient (Wildman–Crippen LogP) is 4.28. The zero-order valence-corrected chi connectivity index (χ0v) is 17.3. The van der Waals surface area contributed by atoms with Gasteiger partial charge in [0.05, 0.1) is 4.88 Å². The van der Waals surface area contributed by atoms with Crippen molar-refractivity contribution in [2.45, 2.75) is 32.9 Å². The Morgan fingerprint density at radius 2 is 1.90 bits per heavy atom. The van der Waals surface area contributed by atoms with E-state index in [9.17, 15) is 9.90 Å². The smallest absolute Gasteiger partial charge is 0.336 e. The van der Waals surface area contributed by atoms with Gasteiger partial charge in [0.25, 0.3) is 0 Å². The first-order valence-corrected chi connectivity index (χ1v) is 10.6. The molecule has 0 aliphatic rings. The van der Waals surface area contributed by atoms with Crippen molar-refractivity contribution in [2.75, 3.05) is 0 Å². The first kappa shape index (κ1) is 19.4. The highest BCUT2D eigenvalue weighted by Crippen LogP contribution is 2.27. The van der Waals surface area contributed by atoms with Crippen molar-refractivity contribution in [3.8, 4) is 5.75 Å². The first-order chi connectivity index (χ1) is 14.0. The highest BCUT2D eigenvalue weighted by molar-refractivity contribution is 7.10. The van der Waals surface area contributed by atoms with Crippen LogP contribution in [0.3, 0.4) is 0 Å². The third-order valence-corrected chi connectivity index (χ3v) is 6.23. The molecule has 0 bridgehead atoms. The Morgan fingerprint density at radius 1 is 1.10 bits per heavy atom. The van der Waals surface area contributed by atoms with Gasteiger partial charge in [0, 0.05) is 28.6 Å². The summed E-state index contributed by atoms with van der Waals surface area (Å²) in [7, 11) is 0. The van der Waals surface area contributed by atoms with E-state index in [0.29, 0.717) is 18.5 Å². The van der Waals surface area contributed by atoms with Crippen LogP contribution >= 0.6 is 11.3 Å². The van der Waals surface area contributed by atoms with Gasteiger partial charge < -0.3 is 14.8 Å². The fraction of sp³-hybridized carbons (Fsp3) is 0.208. The molecule has 0 spiro atoms. The van der Waals surface area contributed by atoms with Gasteiger partial charge in [0.1, 0.15) is 23.9 Å². The third kappa shape index (κ3) is 4.11. The number of rotatable bonds is 6. The number of fused-ring (bicyclic) bond motifs is 1. The molecule has 29 heavy (non-hydrogen) atoms. The van der Waals surface area contributed by atoms with E-state index in [1.54, 1.807) is 23.5 Å². The minimum atomic E-state index is -0.396. The second kappa shape index (κ2) is 8.23. The average Bonchev–Trinajstić information content (AvgIpc) is 3.23. The molecule has 2 heterocycles. The Morgan fingerprint density at radius 3 is 2.59 bits per heavy atom. The maximum Gasteiger partial charge on any atom is 0.336 e. The third-order valence-electron chi connectivity index (χ3n) is 5.27. The average molecular weight is 407 g/mol. The number of benzene rings is 2. The van der Waals surface area contributed by atoms with Gasteiger partial charge in [-0.1, -0.05) is 42.8 Å². The normalized spacial score (nSPS) is 12.3. The summed E-state index contributed by atoms with van der Waals surface area (Å²) in [6.07, 6.45) is 0.714. The van der Waals surface area contributed by atoms with E-state index in [2.05, 4.69) is 54.0 Å². The van der Waals surface area contributed by atoms with Crippen LogP contribution in [0.1, 0.15) is 40.1 Å². The highest BCUT2D eigenvalue weighted by Gasteiger charge is 2.20. The summed E-state index contributed by atoms with van der Waals surface area (Å²) in [4.78, 5) is 13.4. The molecule has 2 aromatic heterocycles. The molecule has 0 aliphatic carbocycles. The molecule has 0 saturated carbocycles. The molecule has 0 unspecified atom stereocenters. The van der Waals surface area contributed by atoms with E-state index in [-0.39, 0.29) is 11.8 Å². The Hall–Kier alpha value is -2.89. The summed E-state index contributed by atoms with van der Waals surface area (Å²) in [5.74, 6) is 0.167. The second-order valence-corrected chi connectivity index (χ2v) is 8.24. The molecular weight excluding hydrogens is 382 g/mol. The van der Waals surface area contributed by atoms with Gasteiger partial charge in [0.2, 0.25) is 0 Å². The first-order valence-electron chi connectivity index (χ1n) is 9.77. The van der Waals surface area contributed by atoms with Gasteiger partial charge in [-0.15, -0.1) is 11.3 Å². The van der Waals surface area contributed by atoms with Gasteiger partial charge in [-0.2, -0.15) is 0 Å². The Balaban J connectivity index is 1.71. The number of aryl methyl sites for hydroxylation is 2. The zero-order valence-electron chi connectivity index (χ0n) is 16.5. The fourth-order valence-corrected chi connectivity index (χ4v) is 4.51. The molecule has 0 radical (unpaired) electrons. The summed E-state index contributed by atoms with van der Waals surface area (Å²) >= 11 is 1.74. The van der Waals surface area contributed by atoms with Crippen molar-refractivity contribution in [3.63, 3.8) is 0 Å². The molecule has 0 saturated heterocycles. The van der Waals surface area contributed by atoms with Crippen molar-refractivity contribution in [2.24, 2.45) is 0 Å². The number of nitrogens with two attached hydrogens (primary N) is 1. The lowest BCUT2D eigenvalue weighted by Crippen LogP contribution is -2.83. The molecule has 0 fully saturated rings. The maximum absolute atomic E-state index is 12.1. The van der Waals surface area contributed by atoms with Crippen LogP contribution < -0.4 is 10.9 Å². The summed E-state index contributed by atoms with van der Waals surface area (Å²) in [6.45, 7) is 4.71. The maximum atomic E-state index is 12.1. The quantitative estimate of drug-likeness (QED) is 0.470. The van der Waals surface area contributed by atoms with Gasteiger partial charge in [-0.05, 0) is 36.4 Å². The minimum absolute atomic E-state index is 0.153. The number of hydrogen-bond acceptors (Lipinski definition) is 4. The lowest BCUT2D eigenvalue weighted by Gasteiger charge is -2.16. The SMILES string of the molecule is CCc1cc2c(C[NH2+][C@H](c3ccc(C)cc3)c3cccs3)cc(=O)oc2cc1O. The second-order valence-electron chi connectivity index (χ2n) is 7.26. The van der Waals surface area contributed by atoms with Crippen molar-refractivity contribution >= 4 is 22.3 Å². The van der Waals surface area contributed by atoms with Crippen LogP contribution in [0.5, 0.6) is 5.75 Å². The monoisotopic (exact) mass is 406 g/mol. The van der Waals surface area contributed by atoms with Crippen LogP contribution in [0.4, 0.5) is 0 Å². The van der Waals surface area contributed by atoms with Crippen molar-refractivity contribution in [1.29, 1.82) is 0 Å². The number of phenolic OH excluding ortho intramolecular Hbond substituents is 1. The Labute approximate surface area is 173 Å². The molecule has 3 N–H and O–H groups in total.